The second kappa shape index (κ2) is 9.48. The topological polar surface area (TPSA) is 104 Å². The van der Waals surface area contributed by atoms with Crippen LogP contribution in [0.4, 0.5) is 22.0 Å². The second-order valence-corrected chi connectivity index (χ2v) is 6.13. The first-order chi connectivity index (χ1) is 14.0. The fraction of sp³-hybridized carbons (Fsp3) is 0.278. The Bertz CT molecular complexity index is 1010. The lowest BCUT2D eigenvalue weighted by molar-refractivity contribution is -0.192. The molecule has 0 saturated carbocycles. The number of carboxylic acid groups (broad SMARTS) is 1. The van der Waals surface area contributed by atoms with E-state index in [9.17, 15) is 22.0 Å². The maximum atomic E-state index is 13.7. The van der Waals surface area contributed by atoms with E-state index in [0.29, 0.717) is 18.8 Å². The predicted molar refractivity (Wildman–Crippen MR) is 94.2 cm³/mol. The van der Waals surface area contributed by atoms with Crippen LogP contribution in [-0.4, -0.2) is 32.6 Å². The van der Waals surface area contributed by atoms with Crippen LogP contribution in [0.2, 0.25) is 0 Å². The molecule has 0 fully saturated rings. The summed E-state index contributed by atoms with van der Waals surface area (Å²) in [5.41, 5.74) is 3.91. The highest BCUT2D eigenvalue weighted by atomic mass is 19.4. The molecule has 0 radical (unpaired) electrons. The van der Waals surface area contributed by atoms with Crippen LogP contribution in [0.5, 0.6) is 0 Å². The Labute approximate surface area is 166 Å². The number of benzene rings is 1. The Morgan fingerprint density at radius 2 is 1.87 bits per heavy atom. The average Bonchev–Trinajstić information content (AvgIpc) is 3.23. The van der Waals surface area contributed by atoms with Gasteiger partial charge in [-0.2, -0.15) is 18.3 Å². The highest BCUT2D eigenvalue weighted by Gasteiger charge is 2.38. The number of aromatic nitrogens is 3. The first kappa shape index (κ1) is 23.0. The molecule has 0 unspecified atom stereocenters. The molecule has 0 spiro atoms. The first-order valence-corrected chi connectivity index (χ1v) is 8.41. The molecule has 2 heterocycles. The Balaban J connectivity index is 0.000000396. The van der Waals surface area contributed by atoms with E-state index in [2.05, 4.69) is 20.7 Å². The van der Waals surface area contributed by atoms with Gasteiger partial charge in [0.15, 0.2) is 5.76 Å². The van der Waals surface area contributed by atoms with Gasteiger partial charge in [0.2, 0.25) is 0 Å². The molecule has 2 aromatic heterocycles. The Hall–Kier alpha value is -3.28. The first-order valence-electron chi connectivity index (χ1n) is 8.41. The Morgan fingerprint density at radius 3 is 2.40 bits per heavy atom. The number of rotatable bonds is 5. The van der Waals surface area contributed by atoms with Crippen molar-refractivity contribution in [1.29, 1.82) is 0 Å². The maximum Gasteiger partial charge on any atom is 0.490 e. The summed E-state index contributed by atoms with van der Waals surface area (Å²) in [7, 11) is 0. The smallest absolute Gasteiger partial charge is 0.475 e. The number of hydrogen-bond donors (Lipinski definition) is 3. The molecule has 0 aliphatic rings. The summed E-state index contributed by atoms with van der Waals surface area (Å²) in [5.74, 6) is -3.79. The fourth-order valence-electron chi connectivity index (χ4n) is 2.23. The van der Waals surface area contributed by atoms with Crippen molar-refractivity contribution in [3.8, 4) is 11.3 Å². The summed E-state index contributed by atoms with van der Waals surface area (Å²) in [5, 5.41) is 21.3. The summed E-state index contributed by atoms with van der Waals surface area (Å²) in [6, 6.07) is 4.96. The average molecular weight is 432 g/mol. The lowest BCUT2D eigenvalue weighted by Crippen LogP contribution is -2.21. The largest absolute Gasteiger partial charge is 0.490 e. The van der Waals surface area contributed by atoms with Gasteiger partial charge in [-0.15, -0.1) is 0 Å². The van der Waals surface area contributed by atoms with Crippen molar-refractivity contribution in [3.05, 3.63) is 58.5 Å². The van der Waals surface area contributed by atoms with E-state index in [4.69, 9.17) is 14.4 Å². The van der Waals surface area contributed by atoms with E-state index in [-0.39, 0.29) is 11.3 Å². The van der Waals surface area contributed by atoms with Crippen molar-refractivity contribution in [2.45, 2.75) is 33.1 Å². The quantitative estimate of drug-likeness (QED) is 0.529. The van der Waals surface area contributed by atoms with Gasteiger partial charge in [-0.3, -0.25) is 5.10 Å². The predicted octanol–water partition coefficient (Wildman–Crippen LogP) is 3.88. The number of aromatic amines is 1. The molecular formula is C18H17F5N4O3. The van der Waals surface area contributed by atoms with E-state index in [0.717, 1.165) is 23.0 Å². The van der Waals surface area contributed by atoms with Crippen LogP contribution >= 0.6 is 0 Å². The number of nitrogens with one attached hydrogen (secondary N) is 2. The highest BCUT2D eigenvalue weighted by Crippen LogP contribution is 2.24. The van der Waals surface area contributed by atoms with Crippen LogP contribution in [0.25, 0.3) is 11.3 Å². The number of aryl methyl sites for hydroxylation is 1. The number of aliphatic carboxylic acids is 1. The monoisotopic (exact) mass is 432 g/mol. The number of H-pyrrole nitrogens is 1. The number of nitrogens with zero attached hydrogens (tertiary/aromatic N) is 2. The van der Waals surface area contributed by atoms with Gasteiger partial charge in [0.05, 0.1) is 17.0 Å². The van der Waals surface area contributed by atoms with Crippen LogP contribution < -0.4 is 5.32 Å². The van der Waals surface area contributed by atoms with E-state index in [1.165, 1.54) is 12.1 Å². The molecule has 7 nitrogen and oxygen atoms in total. The van der Waals surface area contributed by atoms with Crippen LogP contribution in [0.15, 0.2) is 28.8 Å². The molecule has 0 saturated heterocycles. The lowest BCUT2D eigenvalue weighted by Gasteiger charge is -2.00. The minimum absolute atomic E-state index is 0.184. The van der Waals surface area contributed by atoms with Crippen molar-refractivity contribution in [3.63, 3.8) is 0 Å². The number of halogens is 5. The second-order valence-electron chi connectivity index (χ2n) is 6.13. The van der Waals surface area contributed by atoms with Crippen molar-refractivity contribution in [1.82, 2.24) is 20.7 Å². The SMILES string of the molecule is Cc1[nH]nc(CNCc2cc(-c3ccc(F)cc3F)on2)c1C.O=C(O)C(F)(F)F. The number of hydrogen-bond acceptors (Lipinski definition) is 5. The summed E-state index contributed by atoms with van der Waals surface area (Å²) in [4.78, 5) is 8.90. The molecule has 12 heteroatoms. The maximum absolute atomic E-state index is 13.7. The molecule has 0 bridgehead atoms. The summed E-state index contributed by atoms with van der Waals surface area (Å²) >= 11 is 0. The van der Waals surface area contributed by atoms with Gasteiger partial charge in [-0.1, -0.05) is 5.16 Å². The highest BCUT2D eigenvalue weighted by molar-refractivity contribution is 5.73. The zero-order valence-electron chi connectivity index (χ0n) is 15.8. The summed E-state index contributed by atoms with van der Waals surface area (Å²) in [6.07, 6.45) is -5.08. The third-order valence-electron chi connectivity index (χ3n) is 3.95. The molecule has 3 rings (SSSR count). The van der Waals surface area contributed by atoms with Gasteiger partial charge in [-0.05, 0) is 31.5 Å². The van der Waals surface area contributed by atoms with Crippen molar-refractivity contribution in [2.24, 2.45) is 0 Å². The lowest BCUT2D eigenvalue weighted by atomic mass is 10.1. The molecule has 3 N–H and O–H groups in total. The standard InChI is InChI=1S/C16H16F2N4O.C2HF3O2/c1-9-10(2)20-21-15(9)8-19-7-12-6-16(23-22-12)13-4-3-11(17)5-14(13)18;3-2(4,5)1(6)7/h3-6,19H,7-8H2,1-2H3,(H,20,21);(H,6,7). The molecule has 0 atom stereocenters. The molecule has 0 aliphatic carbocycles. The van der Waals surface area contributed by atoms with Gasteiger partial charge >= 0.3 is 12.1 Å². The van der Waals surface area contributed by atoms with Gasteiger partial charge < -0.3 is 14.9 Å². The zero-order chi connectivity index (χ0) is 22.5. The van der Waals surface area contributed by atoms with Gasteiger partial charge in [0.25, 0.3) is 0 Å². The number of alkyl halides is 3. The summed E-state index contributed by atoms with van der Waals surface area (Å²) < 4.78 is 63.5. The van der Waals surface area contributed by atoms with Crippen molar-refractivity contribution in [2.75, 3.05) is 0 Å². The third kappa shape index (κ3) is 6.11. The van der Waals surface area contributed by atoms with Crippen molar-refractivity contribution >= 4 is 5.97 Å². The van der Waals surface area contributed by atoms with E-state index in [1.54, 1.807) is 6.07 Å². The number of carbonyl (C=O) groups is 1. The van der Waals surface area contributed by atoms with E-state index in [1.807, 2.05) is 13.8 Å². The van der Waals surface area contributed by atoms with Crippen LogP contribution in [0, 0.1) is 25.5 Å². The minimum atomic E-state index is -5.08. The molecule has 30 heavy (non-hydrogen) atoms. The molecule has 1 aromatic carbocycles. The Kier molecular flexibility index (Phi) is 7.27. The molecule has 162 valence electrons. The van der Waals surface area contributed by atoms with Gasteiger partial charge in [0, 0.05) is 30.9 Å². The Morgan fingerprint density at radius 1 is 1.20 bits per heavy atom. The van der Waals surface area contributed by atoms with Crippen molar-refractivity contribution < 1.29 is 36.4 Å². The third-order valence-corrected chi connectivity index (χ3v) is 3.95. The van der Waals surface area contributed by atoms with Crippen LogP contribution in [0.1, 0.15) is 22.6 Å². The van der Waals surface area contributed by atoms with E-state index >= 15 is 0 Å². The van der Waals surface area contributed by atoms with E-state index < -0.39 is 23.8 Å². The normalized spacial score (nSPS) is 11.2. The molecule has 0 aliphatic heterocycles. The summed E-state index contributed by atoms with van der Waals surface area (Å²) in [6.45, 7) is 5.01. The fourth-order valence-corrected chi connectivity index (χ4v) is 2.23. The molecule has 0 amide bonds. The van der Waals surface area contributed by atoms with Crippen LogP contribution in [0.3, 0.4) is 0 Å². The van der Waals surface area contributed by atoms with Gasteiger partial charge in [-0.25, -0.2) is 13.6 Å². The zero-order valence-corrected chi connectivity index (χ0v) is 15.8. The molecule has 3 aromatic rings. The van der Waals surface area contributed by atoms with Crippen LogP contribution in [-0.2, 0) is 17.9 Å². The van der Waals surface area contributed by atoms with Gasteiger partial charge in [0.1, 0.15) is 11.6 Å². The minimum Gasteiger partial charge on any atom is -0.475 e. The molecular weight excluding hydrogens is 415 g/mol. The number of carboxylic acids is 1.